The van der Waals surface area contributed by atoms with Gasteiger partial charge in [0.15, 0.2) is 0 Å². The van der Waals surface area contributed by atoms with Crippen LogP contribution in [-0.4, -0.2) is 0 Å². The first-order valence-corrected chi connectivity index (χ1v) is 4.74. The molecule has 0 aliphatic carbocycles. The molecule has 0 aliphatic heterocycles. The van der Waals surface area contributed by atoms with Crippen molar-refractivity contribution in [1.82, 2.24) is 0 Å². The smallest absolute Gasteiger partial charge is 0.0565 e. The Labute approximate surface area is 82.6 Å². The van der Waals surface area contributed by atoms with Crippen LogP contribution < -0.4 is 0 Å². The van der Waals surface area contributed by atoms with Gasteiger partial charge in [0.1, 0.15) is 0 Å². The molecule has 1 rings (SSSR count). The Kier molecular flexibility index (Phi) is 3.42. The zero-order valence-corrected chi connectivity index (χ0v) is 8.96. The molecule has 0 saturated carbocycles. The summed E-state index contributed by atoms with van der Waals surface area (Å²) in [6.45, 7) is 0. The summed E-state index contributed by atoms with van der Waals surface area (Å²) >= 11 is 5.58. The maximum atomic E-state index is 3.36. The van der Waals surface area contributed by atoms with Crippen molar-refractivity contribution in [1.29, 1.82) is 0 Å². The van der Waals surface area contributed by atoms with Gasteiger partial charge in [0, 0.05) is 0 Å². The van der Waals surface area contributed by atoms with Gasteiger partial charge in [-0.2, -0.15) is 0 Å². The minimum absolute atomic E-state index is 1.12. The topological polar surface area (TPSA) is 0 Å². The highest BCUT2D eigenvalue weighted by atomic mass is 127. The summed E-state index contributed by atoms with van der Waals surface area (Å²) in [5, 5.41) is 0. The van der Waals surface area contributed by atoms with Crippen molar-refractivity contribution in [3.05, 3.63) is 38.4 Å². The van der Waals surface area contributed by atoms with Gasteiger partial charge >= 0.3 is 0 Å². The molecule has 0 unspecified atom stereocenters. The predicted molar refractivity (Wildman–Crippen MR) is 57.4 cm³/mol. The van der Waals surface area contributed by atoms with Crippen LogP contribution >= 0.6 is 38.5 Å². The summed E-state index contributed by atoms with van der Waals surface area (Å²) in [5.74, 6) is 0. The molecule has 2 heteroatoms. The number of hydrogen-bond acceptors (Lipinski definition) is 0. The van der Waals surface area contributed by atoms with Crippen molar-refractivity contribution in [3.8, 4) is 0 Å². The predicted octanol–water partition coefficient (Wildman–Crippen LogP) is 3.81. The molecule has 0 radical (unpaired) electrons. The quantitative estimate of drug-likeness (QED) is 0.692. The summed E-state index contributed by atoms with van der Waals surface area (Å²) in [7, 11) is 0. The van der Waals surface area contributed by atoms with Crippen molar-refractivity contribution >= 4 is 44.6 Å². The summed E-state index contributed by atoms with van der Waals surface area (Å²) in [6.07, 6.45) is 2.07. The summed E-state index contributed by atoms with van der Waals surface area (Å²) < 4.78 is 1.12. The largest absolute Gasteiger partial charge is 0.0622 e. The van der Waals surface area contributed by atoms with Crippen molar-refractivity contribution in [2.45, 2.75) is 0 Å². The molecule has 0 N–H and O–H groups in total. The lowest BCUT2D eigenvalue weighted by atomic mass is 10.2. The van der Waals surface area contributed by atoms with Crippen molar-refractivity contribution in [2.75, 3.05) is 0 Å². The van der Waals surface area contributed by atoms with Crippen molar-refractivity contribution < 1.29 is 0 Å². The number of halogens is 2. The zero-order valence-electron chi connectivity index (χ0n) is 5.22. The standard InChI is InChI=1S/C8H6BrI/c9-8(10)6-7-4-2-1-3-5-7/h1-6H/b8-6+. The first kappa shape index (κ1) is 8.27. The van der Waals surface area contributed by atoms with Gasteiger partial charge in [-0.25, -0.2) is 0 Å². The molecule has 0 spiro atoms. The third-order valence-electron chi connectivity index (χ3n) is 1.08. The molecule has 0 nitrogen and oxygen atoms in total. The Morgan fingerprint density at radius 3 is 2.40 bits per heavy atom. The van der Waals surface area contributed by atoms with Gasteiger partial charge in [-0.3, -0.25) is 0 Å². The first-order valence-electron chi connectivity index (χ1n) is 2.87. The molecule has 0 aromatic heterocycles. The van der Waals surface area contributed by atoms with E-state index >= 15 is 0 Å². The van der Waals surface area contributed by atoms with E-state index in [1.807, 2.05) is 18.2 Å². The minimum atomic E-state index is 1.12. The molecule has 0 amide bonds. The first-order chi connectivity index (χ1) is 4.79. The fraction of sp³-hybridized carbons (Fsp3) is 0. The average Bonchev–Trinajstić information content (AvgIpc) is 1.88. The van der Waals surface area contributed by atoms with Crippen LogP contribution in [0.15, 0.2) is 32.8 Å². The average molecular weight is 309 g/mol. The van der Waals surface area contributed by atoms with E-state index in [9.17, 15) is 0 Å². The van der Waals surface area contributed by atoms with E-state index in [4.69, 9.17) is 0 Å². The zero-order chi connectivity index (χ0) is 7.40. The Morgan fingerprint density at radius 1 is 1.30 bits per heavy atom. The lowest BCUT2D eigenvalue weighted by Gasteiger charge is -1.89. The van der Waals surface area contributed by atoms with Gasteiger partial charge in [-0.05, 0) is 50.2 Å². The molecule has 1 aromatic carbocycles. The second kappa shape index (κ2) is 4.13. The van der Waals surface area contributed by atoms with Gasteiger partial charge < -0.3 is 0 Å². The van der Waals surface area contributed by atoms with E-state index in [0.717, 1.165) is 2.49 Å². The van der Waals surface area contributed by atoms with Crippen LogP contribution in [0.25, 0.3) is 6.08 Å². The van der Waals surface area contributed by atoms with E-state index in [0.29, 0.717) is 0 Å². The van der Waals surface area contributed by atoms with Crippen molar-refractivity contribution in [2.24, 2.45) is 0 Å². The number of rotatable bonds is 1. The van der Waals surface area contributed by atoms with Gasteiger partial charge in [0.2, 0.25) is 0 Å². The summed E-state index contributed by atoms with van der Waals surface area (Å²) in [5.41, 5.74) is 1.23. The molecule has 0 heterocycles. The van der Waals surface area contributed by atoms with E-state index in [1.165, 1.54) is 5.56 Å². The molecule has 0 fully saturated rings. The SMILES string of the molecule is Br/C(I)=C\c1ccccc1. The Balaban J connectivity index is 2.87. The van der Waals surface area contributed by atoms with Crippen LogP contribution in [-0.2, 0) is 0 Å². The number of hydrogen-bond donors (Lipinski definition) is 0. The molecule has 0 aliphatic rings. The molecule has 0 atom stereocenters. The monoisotopic (exact) mass is 308 g/mol. The Bertz CT molecular complexity index is 224. The lowest BCUT2D eigenvalue weighted by molar-refractivity contribution is 1.67. The van der Waals surface area contributed by atoms with Gasteiger partial charge in [-0.15, -0.1) is 0 Å². The summed E-state index contributed by atoms with van der Waals surface area (Å²) in [6, 6.07) is 10.2. The second-order valence-corrected chi connectivity index (χ2v) is 5.34. The molecular weight excluding hydrogens is 303 g/mol. The van der Waals surface area contributed by atoms with Gasteiger partial charge in [0.25, 0.3) is 0 Å². The third-order valence-corrected chi connectivity index (χ3v) is 1.62. The van der Waals surface area contributed by atoms with Crippen molar-refractivity contribution in [3.63, 3.8) is 0 Å². The molecule has 0 bridgehead atoms. The maximum absolute atomic E-state index is 3.36. The highest BCUT2D eigenvalue weighted by Crippen LogP contribution is 2.17. The highest BCUT2D eigenvalue weighted by molar-refractivity contribution is 14.1. The molecule has 0 saturated heterocycles. The minimum Gasteiger partial charge on any atom is -0.0622 e. The third kappa shape index (κ3) is 2.84. The van der Waals surface area contributed by atoms with Crippen LogP contribution in [0.3, 0.4) is 0 Å². The highest BCUT2D eigenvalue weighted by Gasteiger charge is 1.84. The summed E-state index contributed by atoms with van der Waals surface area (Å²) in [4.78, 5) is 0. The van der Waals surface area contributed by atoms with Crippen LogP contribution in [0, 0.1) is 0 Å². The van der Waals surface area contributed by atoms with E-state index in [2.05, 4.69) is 56.7 Å². The fourth-order valence-corrected chi connectivity index (χ4v) is 1.30. The lowest BCUT2D eigenvalue weighted by Crippen LogP contribution is -1.66. The van der Waals surface area contributed by atoms with E-state index in [1.54, 1.807) is 0 Å². The second-order valence-electron chi connectivity index (χ2n) is 1.84. The molecule has 10 heavy (non-hydrogen) atoms. The van der Waals surface area contributed by atoms with Gasteiger partial charge in [0.05, 0.1) is 2.49 Å². The van der Waals surface area contributed by atoms with Gasteiger partial charge in [-0.1, -0.05) is 30.3 Å². The number of benzene rings is 1. The van der Waals surface area contributed by atoms with Crippen LogP contribution in [0.4, 0.5) is 0 Å². The molecular formula is C8H6BrI. The Hall–Kier alpha value is 0.170. The van der Waals surface area contributed by atoms with Crippen LogP contribution in [0.1, 0.15) is 5.56 Å². The van der Waals surface area contributed by atoms with E-state index in [-0.39, 0.29) is 0 Å². The molecule has 52 valence electrons. The normalized spacial score (nSPS) is 11.6. The molecule has 1 aromatic rings. The fourth-order valence-electron chi connectivity index (χ4n) is 0.675. The maximum Gasteiger partial charge on any atom is 0.0565 e. The van der Waals surface area contributed by atoms with Crippen LogP contribution in [0.2, 0.25) is 0 Å². The Morgan fingerprint density at radius 2 is 1.90 bits per heavy atom. The van der Waals surface area contributed by atoms with E-state index < -0.39 is 0 Å². The van der Waals surface area contributed by atoms with Crippen LogP contribution in [0.5, 0.6) is 0 Å².